The highest BCUT2D eigenvalue weighted by Gasteiger charge is 2.27. The fourth-order valence-electron chi connectivity index (χ4n) is 2.86. The van der Waals surface area contributed by atoms with Crippen LogP contribution in [-0.2, 0) is 0 Å². The predicted molar refractivity (Wildman–Crippen MR) is 77.2 cm³/mol. The van der Waals surface area contributed by atoms with Gasteiger partial charge in [-0.15, -0.1) is 0 Å². The molecule has 2 N–H and O–H groups in total. The molecule has 0 radical (unpaired) electrons. The van der Waals surface area contributed by atoms with Crippen molar-refractivity contribution in [1.82, 2.24) is 0 Å². The van der Waals surface area contributed by atoms with Gasteiger partial charge in [0.2, 0.25) is 0 Å². The maximum atomic E-state index is 14.1. The van der Waals surface area contributed by atoms with Crippen LogP contribution in [0.15, 0.2) is 16.6 Å². The molecule has 3 atom stereocenters. The van der Waals surface area contributed by atoms with Gasteiger partial charge in [-0.2, -0.15) is 0 Å². The Morgan fingerprint density at radius 2 is 2.17 bits per heavy atom. The van der Waals surface area contributed by atoms with Crippen molar-refractivity contribution in [3.8, 4) is 0 Å². The van der Waals surface area contributed by atoms with Gasteiger partial charge in [0.05, 0.1) is 5.02 Å². The molecule has 1 aromatic carbocycles. The van der Waals surface area contributed by atoms with Gasteiger partial charge in [0.15, 0.2) is 0 Å². The van der Waals surface area contributed by atoms with E-state index in [-0.39, 0.29) is 16.9 Å². The monoisotopic (exact) mass is 333 g/mol. The number of rotatable bonds is 2. The van der Waals surface area contributed by atoms with E-state index in [9.17, 15) is 4.39 Å². The van der Waals surface area contributed by atoms with Crippen molar-refractivity contribution >= 4 is 27.5 Å². The van der Waals surface area contributed by atoms with Crippen LogP contribution in [0.5, 0.6) is 0 Å². The average molecular weight is 335 g/mol. The molecule has 100 valence electrons. The molecule has 0 bridgehead atoms. The molecule has 3 unspecified atom stereocenters. The maximum absolute atomic E-state index is 14.1. The van der Waals surface area contributed by atoms with E-state index in [4.69, 9.17) is 17.3 Å². The van der Waals surface area contributed by atoms with Crippen LogP contribution >= 0.6 is 27.5 Å². The molecular formula is C14H18BrClFN. The summed E-state index contributed by atoms with van der Waals surface area (Å²) in [5.74, 6) is 0.668. The van der Waals surface area contributed by atoms with E-state index in [0.29, 0.717) is 21.9 Å². The van der Waals surface area contributed by atoms with E-state index < -0.39 is 0 Å². The summed E-state index contributed by atoms with van der Waals surface area (Å²) in [5.41, 5.74) is 6.78. The topological polar surface area (TPSA) is 26.0 Å². The summed E-state index contributed by atoms with van der Waals surface area (Å²) in [6, 6.07) is 3.26. The Balaban J connectivity index is 2.23. The largest absolute Gasteiger partial charge is 0.324 e. The lowest BCUT2D eigenvalue weighted by Gasteiger charge is -2.31. The van der Waals surface area contributed by atoms with Gasteiger partial charge in [-0.3, -0.25) is 0 Å². The molecule has 0 aliphatic heterocycles. The smallest absolute Gasteiger partial charge is 0.147 e. The molecule has 0 amide bonds. The zero-order valence-electron chi connectivity index (χ0n) is 10.4. The lowest BCUT2D eigenvalue weighted by atomic mass is 9.77. The van der Waals surface area contributed by atoms with E-state index in [2.05, 4.69) is 22.9 Å². The molecule has 4 heteroatoms. The highest BCUT2D eigenvalue weighted by Crippen LogP contribution is 2.38. The molecule has 0 spiro atoms. The summed E-state index contributed by atoms with van der Waals surface area (Å²) < 4.78 is 14.7. The van der Waals surface area contributed by atoms with E-state index in [1.807, 2.05) is 0 Å². The quantitative estimate of drug-likeness (QED) is 0.751. The Kier molecular flexibility index (Phi) is 4.68. The zero-order valence-corrected chi connectivity index (χ0v) is 12.8. The van der Waals surface area contributed by atoms with Crippen LogP contribution in [0.25, 0.3) is 0 Å². The van der Waals surface area contributed by atoms with Gasteiger partial charge < -0.3 is 5.73 Å². The standard InChI is InChI=1S/C14H18BrClFN/c1-8-3-2-4-9(7-8)14(18)10-5-6-11(15)12(16)13(10)17/h5-6,8-9,14H,2-4,7,18H2,1H3. The second kappa shape index (κ2) is 5.89. The highest BCUT2D eigenvalue weighted by molar-refractivity contribution is 9.10. The van der Waals surface area contributed by atoms with Crippen molar-refractivity contribution in [3.05, 3.63) is 33.0 Å². The summed E-state index contributed by atoms with van der Waals surface area (Å²) in [6.07, 6.45) is 4.60. The van der Waals surface area contributed by atoms with Gasteiger partial charge >= 0.3 is 0 Å². The molecule has 0 saturated heterocycles. The van der Waals surface area contributed by atoms with Crippen LogP contribution in [0.4, 0.5) is 4.39 Å². The summed E-state index contributed by atoms with van der Waals surface area (Å²) in [5, 5.41) is 0.131. The molecule has 1 saturated carbocycles. The molecule has 2 rings (SSSR count). The highest BCUT2D eigenvalue weighted by atomic mass is 79.9. The Bertz CT molecular complexity index is 438. The van der Waals surface area contributed by atoms with E-state index in [1.54, 1.807) is 12.1 Å². The minimum Gasteiger partial charge on any atom is -0.324 e. The summed E-state index contributed by atoms with van der Waals surface area (Å²) in [7, 11) is 0. The molecule has 1 aliphatic rings. The van der Waals surface area contributed by atoms with Crippen LogP contribution in [-0.4, -0.2) is 0 Å². The third-order valence-electron chi connectivity index (χ3n) is 3.91. The molecule has 0 heterocycles. The molecule has 18 heavy (non-hydrogen) atoms. The maximum Gasteiger partial charge on any atom is 0.147 e. The van der Waals surface area contributed by atoms with E-state index >= 15 is 0 Å². The summed E-state index contributed by atoms with van der Waals surface area (Å²) >= 11 is 9.14. The van der Waals surface area contributed by atoms with Crippen LogP contribution in [0, 0.1) is 17.7 Å². The lowest BCUT2D eigenvalue weighted by Crippen LogP contribution is -2.27. The van der Waals surface area contributed by atoms with E-state index in [0.717, 1.165) is 12.8 Å². The first-order valence-electron chi connectivity index (χ1n) is 6.39. The molecule has 1 aromatic rings. The summed E-state index contributed by atoms with van der Waals surface area (Å²) in [6.45, 7) is 2.24. The van der Waals surface area contributed by atoms with Crippen molar-refractivity contribution < 1.29 is 4.39 Å². The van der Waals surface area contributed by atoms with Gasteiger partial charge in [0, 0.05) is 16.1 Å². The number of benzene rings is 1. The minimum absolute atomic E-state index is 0.131. The molecule has 1 nitrogen and oxygen atoms in total. The van der Waals surface area contributed by atoms with Crippen molar-refractivity contribution in [2.45, 2.75) is 38.6 Å². The van der Waals surface area contributed by atoms with Gasteiger partial charge in [0.1, 0.15) is 5.82 Å². The minimum atomic E-state index is -0.378. The van der Waals surface area contributed by atoms with Crippen LogP contribution in [0.3, 0.4) is 0 Å². The van der Waals surface area contributed by atoms with Crippen molar-refractivity contribution in [2.75, 3.05) is 0 Å². The lowest BCUT2D eigenvalue weighted by molar-refractivity contribution is 0.245. The second-order valence-electron chi connectivity index (χ2n) is 5.32. The van der Waals surface area contributed by atoms with Gasteiger partial charge in [0.25, 0.3) is 0 Å². The van der Waals surface area contributed by atoms with E-state index in [1.165, 1.54) is 12.8 Å². The van der Waals surface area contributed by atoms with Crippen LogP contribution in [0.1, 0.15) is 44.2 Å². The first-order valence-corrected chi connectivity index (χ1v) is 7.56. The number of hydrogen-bond acceptors (Lipinski definition) is 1. The van der Waals surface area contributed by atoms with Crippen LogP contribution in [0.2, 0.25) is 5.02 Å². The third kappa shape index (κ3) is 2.89. The Hall–Kier alpha value is -0.120. The number of hydrogen-bond donors (Lipinski definition) is 1. The van der Waals surface area contributed by atoms with Crippen molar-refractivity contribution in [2.24, 2.45) is 17.6 Å². The average Bonchev–Trinajstić information content (AvgIpc) is 2.35. The molecule has 0 aromatic heterocycles. The molecular weight excluding hydrogens is 317 g/mol. The Morgan fingerprint density at radius 3 is 2.83 bits per heavy atom. The first-order chi connectivity index (χ1) is 8.50. The van der Waals surface area contributed by atoms with Gasteiger partial charge in [-0.1, -0.05) is 37.4 Å². The number of halogens is 3. The van der Waals surface area contributed by atoms with Gasteiger partial charge in [-0.05, 0) is 46.7 Å². The Labute approximate surface area is 121 Å². The Morgan fingerprint density at radius 1 is 1.44 bits per heavy atom. The van der Waals surface area contributed by atoms with Crippen LogP contribution < -0.4 is 5.73 Å². The third-order valence-corrected chi connectivity index (χ3v) is 5.17. The molecule has 1 aliphatic carbocycles. The fraction of sp³-hybridized carbons (Fsp3) is 0.571. The predicted octanol–water partition coefficient (Wildman–Crippen LogP) is 5.07. The molecule has 1 fully saturated rings. The van der Waals surface area contributed by atoms with Crippen molar-refractivity contribution in [3.63, 3.8) is 0 Å². The van der Waals surface area contributed by atoms with Gasteiger partial charge in [-0.25, -0.2) is 4.39 Å². The zero-order chi connectivity index (χ0) is 13.3. The van der Waals surface area contributed by atoms with Crippen molar-refractivity contribution in [1.29, 1.82) is 0 Å². The summed E-state index contributed by atoms with van der Waals surface area (Å²) in [4.78, 5) is 0. The fourth-order valence-corrected chi connectivity index (χ4v) is 3.34. The SMILES string of the molecule is CC1CCCC(C(N)c2ccc(Br)c(Cl)c2F)C1. The first kappa shape index (κ1) is 14.3. The second-order valence-corrected chi connectivity index (χ2v) is 6.55. The number of nitrogens with two attached hydrogens (primary N) is 1. The normalized spacial score (nSPS) is 26.1.